The highest BCUT2D eigenvalue weighted by atomic mass is 16.5. The van der Waals surface area contributed by atoms with Crippen molar-refractivity contribution >= 4 is 11.8 Å². The Kier molecular flexibility index (Phi) is 8.61. The van der Waals surface area contributed by atoms with Gasteiger partial charge in [0.05, 0.1) is 13.2 Å². The van der Waals surface area contributed by atoms with E-state index < -0.39 is 6.04 Å². The molecule has 2 amide bonds. The van der Waals surface area contributed by atoms with Gasteiger partial charge >= 0.3 is 0 Å². The lowest BCUT2D eigenvalue weighted by atomic mass is 9.85. The number of hydrogen-bond acceptors (Lipinski definition) is 4. The summed E-state index contributed by atoms with van der Waals surface area (Å²) in [5.74, 6) is 2.14. The van der Waals surface area contributed by atoms with Gasteiger partial charge in [-0.25, -0.2) is 0 Å². The highest BCUT2D eigenvalue weighted by Gasteiger charge is 2.45. The number of benzene rings is 1. The van der Waals surface area contributed by atoms with Crippen LogP contribution in [-0.4, -0.2) is 53.5 Å². The predicted octanol–water partition coefficient (Wildman–Crippen LogP) is 5.89. The molecule has 6 nitrogen and oxygen atoms in total. The molecule has 4 rings (SSSR count). The molecule has 2 saturated carbocycles. The largest absolute Gasteiger partial charge is 0.493 e. The lowest BCUT2D eigenvalue weighted by Crippen LogP contribution is -2.61. The molecule has 2 aliphatic carbocycles. The fourth-order valence-corrected chi connectivity index (χ4v) is 6.22. The quantitative estimate of drug-likeness (QED) is 0.505. The Morgan fingerprint density at radius 1 is 0.857 bits per heavy atom. The minimum atomic E-state index is -0.595. The fraction of sp³-hybridized carbons (Fsp3) is 0.724. The van der Waals surface area contributed by atoms with Crippen molar-refractivity contribution in [1.29, 1.82) is 0 Å². The molecular formula is C29H44N2O4. The molecule has 194 valence electrons. The maximum Gasteiger partial charge on any atom is 0.250 e. The lowest BCUT2D eigenvalue weighted by Gasteiger charge is -2.48. The second-order valence-corrected chi connectivity index (χ2v) is 11.2. The minimum absolute atomic E-state index is 0.0169. The Morgan fingerprint density at radius 3 is 2.14 bits per heavy atom. The molecule has 3 fully saturated rings. The first-order valence-corrected chi connectivity index (χ1v) is 13.8. The van der Waals surface area contributed by atoms with Crippen molar-refractivity contribution in [2.45, 2.75) is 116 Å². The van der Waals surface area contributed by atoms with E-state index in [9.17, 15) is 9.59 Å². The Bertz CT molecular complexity index is 869. The summed E-state index contributed by atoms with van der Waals surface area (Å²) in [5, 5.41) is 0. The third kappa shape index (κ3) is 5.95. The summed E-state index contributed by atoms with van der Waals surface area (Å²) >= 11 is 0. The summed E-state index contributed by atoms with van der Waals surface area (Å²) in [6.07, 6.45) is 12.1. The Balaban J connectivity index is 1.69. The summed E-state index contributed by atoms with van der Waals surface area (Å²) in [4.78, 5) is 31.8. The SMILES string of the molecule is COc1cc([C@H]2C(=O)N(C3CCC(C)CC3)CC(=O)N2C2CCCCCCC2)ccc1OC(C)C. The lowest BCUT2D eigenvalue weighted by molar-refractivity contribution is -0.162. The third-order valence-corrected chi connectivity index (χ3v) is 8.15. The molecule has 0 spiro atoms. The summed E-state index contributed by atoms with van der Waals surface area (Å²) in [6, 6.07) is 5.44. The summed E-state index contributed by atoms with van der Waals surface area (Å²) in [7, 11) is 1.63. The topological polar surface area (TPSA) is 59.1 Å². The van der Waals surface area contributed by atoms with Crippen molar-refractivity contribution in [2.75, 3.05) is 13.7 Å². The number of carbonyl (C=O) groups is 2. The van der Waals surface area contributed by atoms with Gasteiger partial charge in [-0.3, -0.25) is 9.59 Å². The summed E-state index contributed by atoms with van der Waals surface area (Å²) in [5.41, 5.74) is 0.826. The van der Waals surface area contributed by atoms with Gasteiger partial charge in [0.1, 0.15) is 12.6 Å². The van der Waals surface area contributed by atoms with E-state index >= 15 is 0 Å². The van der Waals surface area contributed by atoms with E-state index in [1.165, 1.54) is 19.3 Å². The maximum absolute atomic E-state index is 14.2. The van der Waals surface area contributed by atoms with Crippen LogP contribution in [0.25, 0.3) is 0 Å². The number of hydrogen-bond donors (Lipinski definition) is 0. The van der Waals surface area contributed by atoms with Gasteiger partial charge in [-0.15, -0.1) is 0 Å². The second-order valence-electron chi connectivity index (χ2n) is 11.2. The van der Waals surface area contributed by atoms with E-state index in [4.69, 9.17) is 9.47 Å². The molecule has 0 aromatic heterocycles. The minimum Gasteiger partial charge on any atom is -0.493 e. The van der Waals surface area contributed by atoms with E-state index in [0.29, 0.717) is 17.4 Å². The second kappa shape index (κ2) is 11.7. The third-order valence-electron chi connectivity index (χ3n) is 8.15. The highest BCUT2D eigenvalue weighted by molar-refractivity contribution is 5.96. The molecule has 1 aliphatic heterocycles. The van der Waals surface area contributed by atoms with Crippen molar-refractivity contribution in [3.63, 3.8) is 0 Å². The molecular weight excluding hydrogens is 440 g/mol. The molecule has 1 aromatic rings. The Hall–Kier alpha value is -2.24. The van der Waals surface area contributed by atoms with Gasteiger partial charge in [-0.05, 0) is 76.0 Å². The molecule has 0 unspecified atom stereocenters. The Labute approximate surface area is 211 Å². The molecule has 0 N–H and O–H groups in total. The average Bonchev–Trinajstić information content (AvgIpc) is 2.81. The van der Waals surface area contributed by atoms with E-state index in [-0.39, 0.29) is 36.5 Å². The predicted molar refractivity (Wildman–Crippen MR) is 138 cm³/mol. The number of nitrogens with zero attached hydrogens (tertiary/aromatic N) is 2. The van der Waals surface area contributed by atoms with Crippen LogP contribution in [0, 0.1) is 5.92 Å². The van der Waals surface area contributed by atoms with E-state index in [0.717, 1.165) is 56.9 Å². The molecule has 6 heteroatoms. The van der Waals surface area contributed by atoms with Gasteiger partial charge < -0.3 is 19.3 Å². The van der Waals surface area contributed by atoms with Gasteiger partial charge in [0.25, 0.3) is 5.91 Å². The number of piperazine rings is 1. The number of methoxy groups -OCH3 is 1. The van der Waals surface area contributed by atoms with Crippen LogP contribution in [0.15, 0.2) is 18.2 Å². The van der Waals surface area contributed by atoms with Crippen LogP contribution in [0.5, 0.6) is 11.5 Å². The first-order chi connectivity index (χ1) is 16.9. The molecule has 1 aromatic carbocycles. The molecule has 3 aliphatic rings. The van der Waals surface area contributed by atoms with Gasteiger partial charge in [0.15, 0.2) is 11.5 Å². The molecule has 35 heavy (non-hydrogen) atoms. The summed E-state index contributed by atoms with van der Waals surface area (Å²) in [6.45, 7) is 6.47. The van der Waals surface area contributed by atoms with Crippen LogP contribution in [0.1, 0.15) is 103 Å². The van der Waals surface area contributed by atoms with Gasteiger partial charge in [0.2, 0.25) is 5.91 Å². The maximum atomic E-state index is 14.2. The molecule has 0 bridgehead atoms. The van der Waals surface area contributed by atoms with Crippen LogP contribution in [0.3, 0.4) is 0 Å². The van der Waals surface area contributed by atoms with E-state index in [2.05, 4.69) is 6.92 Å². The first kappa shape index (κ1) is 25.8. The van der Waals surface area contributed by atoms with Crippen molar-refractivity contribution < 1.29 is 19.1 Å². The van der Waals surface area contributed by atoms with Gasteiger partial charge in [-0.2, -0.15) is 0 Å². The number of amides is 2. The monoisotopic (exact) mass is 484 g/mol. The standard InChI is InChI=1S/C29H44N2O4/c1-20(2)35-25-17-14-22(18-26(25)34-4)28-29(33)30(23-15-12-21(3)13-16-23)19-27(32)31(28)24-10-8-6-5-7-9-11-24/h14,17-18,20-21,23-24,28H,5-13,15-16,19H2,1-4H3/t21?,23?,28-/m0/s1. The van der Waals surface area contributed by atoms with Crippen molar-refractivity contribution in [3.8, 4) is 11.5 Å². The molecule has 0 radical (unpaired) electrons. The number of ether oxygens (including phenoxy) is 2. The normalized spacial score (nSPS) is 27.1. The first-order valence-electron chi connectivity index (χ1n) is 13.8. The average molecular weight is 485 g/mol. The van der Waals surface area contributed by atoms with Crippen LogP contribution >= 0.6 is 0 Å². The van der Waals surface area contributed by atoms with Crippen molar-refractivity contribution in [3.05, 3.63) is 23.8 Å². The van der Waals surface area contributed by atoms with Crippen LogP contribution in [0.4, 0.5) is 0 Å². The fourth-order valence-electron chi connectivity index (χ4n) is 6.22. The van der Waals surface area contributed by atoms with Gasteiger partial charge in [0, 0.05) is 12.1 Å². The van der Waals surface area contributed by atoms with E-state index in [1.54, 1.807) is 7.11 Å². The van der Waals surface area contributed by atoms with Crippen molar-refractivity contribution in [1.82, 2.24) is 9.80 Å². The van der Waals surface area contributed by atoms with E-state index in [1.807, 2.05) is 41.8 Å². The highest BCUT2D eigenvalue weighted by Crippen LogP contribution is 2.39. The van der Waals surface area contributed by atoms with Crippen LogP contribution in [-0.2, 0) is 9.59 Å². The van der Waals surface area contributed by atoms with Crippen molar-refractivity contribution in [2.24, 2.45) is 5.92 Å². The number of rotatable bonds is 6. The van der Waals surface area contributed by atoms with Crippen LogP contribution < -0.4 is 9.47 Å². The van der Waals surface area contributed by atoms with Gasteiger partial charge in [-0.1, -0.05) is 45.1 Å². The molecule has 1 atom stereocenters. The number of carbonyl (C=O) groups excluding carboxylic acids is 2. The zero-order valence-corrected chi connectivity index (χ0v) is 22.1. The van der Waals surface area contributed by atoms with Crippen LogP contribution in [0.2, 0.25) is 0 Å². The smallest absolute Gasteiger partial charge is 0.250 e. The zero-order valence-electron chi connectivity index (χ0n) is 22.1. The zero-order chi connectivity index (χ0) is 24.9. The Morgan fingerprint density at radius 2 is 1.51 bits per heavy atom. The summed E-state index contributed by atoms with van der Waals surface area (Å²) < 4.78 is 11.6. The molecule has 1 heterocycles. The molecule has 1 saturated heterocycles.